The number of benzene rings is 1. The van der Waals surface area contributed by atoms with E-state index in [9.17, 15) is 24.3 Å². The lowest BCUT2D eigenvalue weighted by molar-refractivity contribution is -0.129. The second kappa shape index (κ2) is 12.9. The van der Waals surface area contributed by atoms with E-state index in [4.69, 9.17) is 17.8 Å². The minimum absolute atomic E-state index is 0.157. The third kappa shape index (κ3) is 6.93. The highest BCUT2D eigenvalue weighted by Crippen LogP contribution is 2.58. The van der Waals surface area contributed by atoms with E-state index in [-0.39, 0.29) is 27.9 Å². The molecule has 3 rings (SSSR count). The van der Waals surface area contributed by atoms with Crippen molar-refractivity contribution in [2.24, 2.45) is 4.99 Å². The van der Waals surface area contributed by atoms with Gasteiger partial charge in [-0.05, 0) is 44.7 Å². The van der Waals surface area contributed by atoms with Crippen molar-refractivity contribution in [2.75, 3.05) is 27.3 Å². The number of phenolic OH excluding ortho intramolecular Hbond substituents is 1. The van der Waals surface area contributed by atoms with Gasteiger partial charge in [-0.3, -0.25) is 19.8 Å². The molecule has 2 amide bonds. The summed E-state index contributed by atoms with van der Waals surface area (Å²) in [6.07, 6.45) is 2.39. The highest BCUT2D eigenvalue weighted by Gasteiger charge is 2.42. The Hall–Kier alpha value is -4.04. The first-order valence-electron chi connectivity index (χ1n) is 12.5. The number of phenols is 1. The second-order valence-electron chi connectivity index (χ2n) is 9.32. The Balaban J connectivity index is 1.84. The highest BCUT2D eigenvalue weighted by molar-refractivity contribution is 8.41. The van der Waals surface area contributed by atoms with Crippen molar-refractivity contribution in [3.05, 3.63) is 41.0 Å². The zero-order valence-electron chi connectivity index (χ0n) is 23.2. The largest absolute Gasteiger partial charge is 0.507 e. The summed E-state index contributed by atoms with van der Waals surface area (Å²) in [5.74, 6) is -3.49. The van der Waals surface area contributed by atoms with E-state index in [1.165, 1.54) is 26.4 Å². The molecule has 1 aromatic rings. The number of nitrogens with one attached hydrogen (secondary N) is 2. The molecule has 0 radical (unpaired) electrons. The Morgan fingerprint density at radius 3 is 2.12 bits per heavy atom. The Morgan fingerprint density at radius 1 is 1.00 bits per heavy atom. The van der Waals surface area contributed by atoms with E-state index < -0.39 is 40.1 Å². The van der Waals surface area contributed by atoms with Gasteiger partial charge in [-0.15, -0.1) is 0 Å². The van der Waals surface area contributed by atoms with Gasteiger partial charge >= 0.3 is 11.9 Å². The molecule has 0 unspecified atom stereocenters. The van der Waals surface area contributed by atoms with Crippen LogP contribution < -0.4 is 20.1 Å². The molecule has 0 aliphatic carbocycles. The minimum atomic E-state index is -3.46. The molecular formula is C26H34N4O9S. The number of methoxy groups -OCH3 is 2. The van der Waals surface area contributed by atoms with Crippen molar-refractivity contribution in [3.63, 3.8) is 0 Å². The summed E-state index contributed by atoms with van der Waals surface area (Å²) < 4.78 is 21.1. The fourth-order valence-corrected chi connectivity index (χ4v) is 5.98. The van der Waals surface area contributed by atoms with Gasteiger partial charge in [0, 0.05) is 49.5 Å². The molecule has 0 atom stereocenters. The van der Waals surface area contributed by atoms with Crippen molar-refractivity contribution in [1.82, 2.24) is 15.5 Å². The molecule has 14 heteroatoms. The maximum atomic E-state index is 13.2. The Bertz CT molecular complexity index is 1240. The van der Waals surface area contributed by atoms with Crippen LogP contribution in [-0.2, 0) is 22.7 Å². The lowest BCUT2D eigenvalue weighted by Crippen LogP contribution is -2.39. The number of hydrogen-bond donors (Lipinski definition) is 3. The van der Waals surface area contributed by atoms with E-state index in [0.29, 0.717) is 25.0 Å². The predicted octanol–water partition coefficient (Wildman–Crippen LogP) is 2.27. The molecule has 1 spiro atoms. The molecule has 218 valence electrons. The van der Waals surface area contributed by atoms with Crippen molar-refractivity contribution in [2.45, 2.75) is 46.2 Å². The molecule has 0 fully saturated rings. The van der Waals surface area contributed by atoms with E-state index in [2.05, 4.69) is 48.2 Å². The minimum Gasteiger partial charge on any atom is -0.507 e. The highest BCUT2D eigenvalue weighted by atomic mass is 32.3. The Kier molecular flexibility index (Phi) is 9.82. The van der Waals surface area contributed by atoms with Gasteiger partial charge < -0.3 is 28.3 Å². The molecule has 0 bridgehead atoms. The average molecular weight is 579 g/mol. The first kappa shape index (κ1) is 30.5. The zero-order chi connectivity index (χ0) is 29.6. The standard InChI is InChI=1S/C26H34N4O9S/c1-15(2)30(16(3)4)11-7-10-27-25(35)18-14-40(38-22(32)8-9-23(33)39-40)26(28-18)29-24(34)17-12-20(36-5)21(37-6)13-19(17)31/h8-9,12-16,31H,7,10-11H2,1-6H3,(H,27,35)(H,28,29,34). The number of amidine groups is 1. The Morgan fingerprint density at radius 2 is 1.57 bits per heavy atom. The molecule has 40 heavy (non-hydrogen) atoms. The lowest BCUT2D eigenvalue weighted by Gasteiger charge is -2.34. The van der Waals surface area contributed by atoms with Crippen LogP contribution in [0.15, 0.2) is 40.4 Å². The third-order valence-electron chi connectivity index (χ3n) is 5.93. The quantitative estimate of drug-likeness (QED) is 0.351. The SMILES string of the molecule is COc1cc(O)c(C(=O)NC2=NC(C(=O)NCCCN(C(C)C)C(C)C)=CS23OC(=O)C=CC(=O)O3)cc1OC. The Labute approximate surface area is 233 Å². The number of amides is 2. The fraction of sp³-hybridized carbons (Fsp3) is 0.423. The molecule has 1 aromatic carbocycles. The number of hydrogen-bond acceptors (Lipinski definition) is 11. The summed E-state index contributed by atoms with van der Waals surface area (Å²) in [6.45, 7) is 9.47. The van der Waals surface area contributed by atoms with E-state index in [1.807, 2.05) is 0 Å². The summed E-state index contributed by atoms with van der Waals surface area (Å²) in [6, 6.07) is 3.09. The number of nitrogens with zero attached hydrogens (tertiary/aromatic N) is 2. The van der Waals surface area contributed by atoms with Crippen molar-refractivity contribution < 1.29 is 42.1 Å². The van der Waals surface area contributed by atoms with Gasteiger partial charge in [0.05, 0.1) is 25.2 Å². The summed E-state index contributed by atoms with van der Waals surface area (Å²) in [5, 5.41) is 16.3. The third-order valence-corrected chi connectivity index (χ3v) is 8.02. The molecule has 2 heterocycles. The van der Waals surface area contributed by atoms with Crippen LogP contribution in [0.3, 0.4) is 0 Å². The van der Waals surface area contributed by atoms with Gasteiger partial charge in [-0.1, -0.05) is 0 Å². The number of ether oxygens (including phenoxy) is 2. The molecule has 0 saturated heterocycles. The molecule has 0 aromatic heterocycles. The van der Waals surface area contributed by atoms with Gasteiger partial charge in [0.2, 0.25) is 5.17 Å². The van der Waals surface area contributed by atoms with Crippen LogP contribution in [0.2, 0.25) is 0 Å². The van der Waals surface area contributed by atoms with Crippen molar-refractivity contribution in [1.29, 1.82) is 0 Å². The van der Waals surface area contributed by atoms with Crippen LogP contribution in [0.4, 0.5) is 0 Å². The normalized spacial score (nSPS) is 16.7. The molecule has 2 aliphatic rings. The van der Waals surface area contributed by atoms with Gasteiger partial charge in [-0.25, -0.2) is 14.6 Å². The summed E-state index contributed by atoms with van der Waals surface area (Å²) >= 11 is 0. The summed E-state index contributed by atoms with van der Waals surface area (Å²) in [7, 11) is -0.738. The van der Waals surface area contributed by atoms with Crippen LogP contribution in [0.1, 0.15) is 44.5 Å². The monoisotopic (exact) mass is 578 g/mol. The number of carbonyl (C=O) groups excluding carboxylic acids is 4. The number of aliphatic imine (C=N–C) groups is 1. The zero-order valence-corrected chi connectivity index (χ0v) is 24.0. The molecular weight excluding hydrogens is 544 g/mol. The molecule has 3 N–H and O–H groups in total. The van der Waals surface area contributed by atoms with E-state index >= 15 is 0 Å². The lowest BCUT2D eigenvalue weighted by atomic mass is 10.1. The van der Waals surface area contributed by atoms with Crippen LogP contribution >= 0.6 is 10.6 Å². The average Bonchev–Trinajstić information content (AvgIpc) is 3.14. The maximum Gasteiger partial charge on any atom is 0.354 e. The second-order valence-corrected chi connectivity index (χ2v) is 11.4. The number of carbonyl (C=O) groups is 4. The molecule has 13 nitrogen and oxygen atoms in total. The molecule has 2 aliphatic heterocycles. The van der Waals surface area contributed by atoms with Gasteiger partial charge in [0.1, 0.15) is 11.4 Å². The van der Waals surface area contributed by atoms with Crippen LogP contribution in [-0.4, -0.2) is 78.3 Å². The molecule has 0 saturated carbocycles. The van der Waals surface area contributed by atoms with Gasteiger partial charge in [0.25, 0.3) is 11.8 Å². The van der Waals surface area contributed by atoms with E-state index in [1.54, 1.807) is 0 Å². The topological polar surface area (TPSA) is 165 Å². The predicted molar refractivity (Wildman–Crippen MR) is 148 cm³/mol. The summed E-state index contributed by atoms with van der Waals surface area (Å²) in [5.41, 5.74) is -0.453. The van der Waals surface area contributed by atoms with E-state index in [0.717, 1.165) is 24.1 Å². The van der Waals surface area contributed by atoms with Crippen molar-refractivity contribution >= 4 is 39.5 Å². The number of rotatable bonds is 10. The fourth-order valence-electron chi connectivity index (χ4n) is 4.07. The summed E-state index contributed by atoms with van der Waals surface area (Å²) in [4.78, 5) is 57.1. The van der Waals surface area contributed by atoms with Crippen LogP contribution in [0.5, 0.6) is 17.2 Å². The van der Waals surface area contributed by atoms with Crippen LogP contribution in [0.25, 0.3) is 0 Å². The maximum absolute atomic E-state index is 13.2. The smallest absolute Gasteiger partial charge is 0.354 e. The van der Waals surface area contributed by atoms with Gasteiger partial charge in [0.15, 0.2) is 11.5 Å². The van der Waals surface area contributed by atoms with Crippen LogP contribution in [0, 0.1) is 0 Å². The van der Waals surface area contributed by atoms with Gasteiger partial charge in [-0.2, -0.15) is 0 Å². The van der Waals surface area contributed by atoms with Crippen molar-refractivity contribution in [3.8, 4) is 17.2 Å². The first-order chi connectivity index (χ1) is 18.9. The first-order valence-corrected chi connectivity index (χ1v) is 14.0. The number of aromatic hydroxyl groups is 1.